The number of hydrogen-bond acceptors (Lipinski definition) is 3. The van der Waals surface area contributed by atoms with Gasteiger partial charge in [-0.25, -0.2) is 4.39 Å². The topological polar surface area (TPSA) is 69.2 Å². The molecule has 0 heterocycles. The van der Waals surface area contributed by atoms with Crippen LogP contribution in [0.1, 0.15) is 12.0 Å². The molecule has 1 fully saturated rings. The number of rotatable bonds is 4. The van der Waals surface area contributed by atoms with Gasteiger partial charge in [-0.15, -0.1) is 0 Å². The molecule has 3 rings (SSSR count). The number of aliphatic carboxylic acids is 1. The first-order valence-corrected chi connectivity index (χ1v) is 6.98. The molecule has 0 saturated heterocycles. The summed E-state index contributed by atoms with van der Waals surface area (Å²) in [6.45, 7) is 0.0584. The lowest BCUT2D eigenvalue weighted by molar-refractivity contribution is -0.313. The van der Waals surface area contributed by atoms with E-state index in [1.54, 1.807) is 18.2 Å². The Hall–Kier alpha value is -2.17. The van der Waals surface area contributed by atoms with Crippen LogP contribution >= 0.6 is 0 Å². The molecule has 1 aromatic carbocycles. The molecule has 0 unspecified atom stereocenters. The van der Waals surface area contributed by atoms with E-state index in [9.17, 15) is 19.1 Å². The van der Waals surface area contributed by atoms with Gasteiger partial charge in [-0.2, -0.15) is 0 Å². The van der Waals surface area contributed by atoms with Crippen LogP contribution in [0.4, 0.5) is 4.39 Å². The lowest BCUT2D eigenvalue weighted by Gasteiger charge is -2.27. The van der Waals surface area contributed by atoms with Crippen LogP contribution in [0.15, 0.2) is 36.4 Å². The molecule has 4 nitrogen and oxygen atoms in total. The van der Waals surface area contributed by atoms with Gasteiger partial charge in [0.25, 0.3) is 0 Å². The molecule has 5 heteroatoms. The number of benzene rings is 1. The Morgan fingerprint density at radius 3 is 2.52 bits per heavy atom. The van der Waals surface area contributed by atoms with Crippen LogP contribution in [0.25, 0.3) is 0 Å². The SMILES string of the molecule is O=C([O-])[C@H]1[C@H](C(=O)NCc2ccccc2F)[C@H]2C=C[C@@H]1C2. The third-order valence-electron chi connectivity index (χ3n) is 4.45. The highest BCUT2D eigenvalue weighted by atomic mass is 19.1. The summed E-state index contributed by atoms with van der Waals surface area (Å²) in [6.07, 6.45) is 4.43. The minimum atomic E-state index is -1.18. The van der Waals surface area contributed by atoms with E-state index in [1.807, 2.05) is 12.2 Å². The van der Waals surface area contributed by atoms with Gasteiger partial charge in [-0.1, -0.05) is 30.4 Å². The van der Waals surface area contributed by atoms with Crippen LogP contribution in [0.3, 0.4) is 0 Å². The second-order valence-corrected chi connectivity index (χ2v) is 5.63. The number of carbonyl (C=O) groups is 2. The zero-order chi connectivity index (χ0) is 15.0. The maximum atomic E-state index is 13.5. The fourth-order valence-corrected chi connectivity index (χ4v) is 3.44. The summed E-state index contributed by atoms with van der Waals surface area (Å²) in [4.78, 5) is 23.5. The van der Waals surface area contributed by atoms with E-state index in [1.165, 1.54) is 6.07 Å². The number of allylic oxidation sites excluding steroid dienone is 2. The molecular weight excluding hydrogens is 273 g/mol. The van der Waals surface area contributed by atoms with Crippen LogP contribution in [-0.2, 0) is 16.1 Å². The van der Waals surface area contributed by atoms with Crippen molar-refractivity contribution in [1.82, 2.24) is 5.32 Å². The summed E-state index contributed by atoms with van der Waals surface area (Å²) in [7, 11) is 0. The molecule has 0 radical (unpaired) electrons. The monoisotopic (exact) mass is 288 g/mol. The molecule has 1 amide bonds. The summed E-state index contributed by atoms with van der Waals surface area (Å²) in [5, 5.41) is 13.9. The highest BCUT2D eigenvalue weighted by Gasteiger charge is 2.48. The average molecular weight is 288 g/mol. The molecule has 2 aliphatic rings. The molecule has 4 atom stereocenters. The predicted octanol–water partition coefficient (Wildman–Crippen LogP) is 0.630. The van der Waals surface area contributed by atoms with Crippen molar-refractivity contribution in [2.24, 2.45) is 23.7 Å². The number of halogens is 1. The van der Waals surface area contributed by atoms with E-state index in [2.05, 4.69) is 5.32 Å². The Morgan fingerprint density at radius 2 is 1.86 bits per heavy atom. The van der Waals surface area contributed by atoms with E-state index >= 15 is 0 Å². The zero-order valence-corrected chi connectivity index (χ0v) is 11.3. The van der Waals surface area contributed by atoms with Gasteiger partial charge in [-0.05, 0) is 24.3 Å². The fraction of sp³-hybridized carbons (Fsp3) is 0.375. The summed E-state index contributed by atoms with van der Waals surface area (Å²) in [5.74, 6) is -3.48. The second-order valence-electron chi connectivity index (χ2n) is 5.63. The normalized spacial score (nSPS) is 29.6. The number of nitrogens with one attached hydrogen (secondary N) is 1. The molecular formula is C16H15FNO3-. The Labute approximate surface area is 121 Å². The molecule has 0 spiro atoms. The summed E-state index contributed by atoms with van der Waals surface area (Å²) in [5.41, 5.74) is 0.384. The van der Waals surface area contributed by atoms with Gasteiger partial charge in [0.1, 0.15) is 5.82 Å². The Bertz CT molecular complexity index is 613. The van der Waals surface area contributed by atoms with Crippen molar-refractivity contribution in [1.29, 1.82) is 0 Å². The lowest BCUT2D eigenvalue weighted by atomic mass is 9.82. The third-order valence-corrected chi connectivity index (χ3v) is 4.45. The van der Waals surface area contributed by atoms with Crippen molar-refractivity contribution in [2.45, 2.75) is 13.0 Å². The van der Waals surface area contributed by atoms with E-state index in [4.69, 9.17) is 0 Å². The van der Waals surface area contributed by atoms with Crippen LogP contribution in [0, 0.1) is 29.5 Å². The largest absolute Gasteiger partial charge is 0.550 e. The molecule has 2 bridgehead atoms. The molecule has 21 heavy (non-hydrogen) atoms. The van der Waals surface area contributed by atoms with E-state index in [0.29, 0.717) is 12.0 Å². The lowest BCUT2D eigenvalue weighted by Crippen LogP contribution is -2.44. The molecule has 1 saturated carbocycles. The van der Waals surface area contributed by atoms with Gasteiger partial charge in [-0.3, -0.25) is 4.79 Å². The minimum Gasteiger partial charge on any atom is -0.550 e. The van der Waals surface area contributed by atoms with E-state index in [-0.39, 0.29) is 30.1 Å². The maximum absolute atomic E-state index is 13.5. The van der Waals surface area contributed by atoms with Gasteiger partial charge < -0.3 is 15.2 Å². The van der Waals surface area contributed by atoms with Crippen molar-refractivity contribution in [3.8, 4) is 0 Å². The highest BCUT2D eigenvalue weighted by molar-refractivity contribution is 5.86. The minimum absolute atomic E-state index is 0.0569. The molecule has 0 aliphatic heterocycles. The third kappa shape index (κ3) is 2.44. The van der Waals surface area contributed by atoms with Crippen LogP contribution in [0.5, 0.6) is 0 Å². The number of hydrogen-bond donors (Lipinski definition) is 1. The van der Waals surface area contributed by atoms with Gasteiger partial charge in [0.05, 0.1) is 5.92 Å². The quantitative estimate of drug-likeness (QED) is 0.826. The zero-order valence-electron chi connectivity index (χ0n) is 11.3. The van der Waals surface area contributed by atoms with E-state index < -0.39 is 17.8 Å². The average Bonchev–Trinajstić information content (AvgIpc) is 3.06. The van der Waals surface area contributed by atoms with Crippen molar-refractivity contribution in [3.05, 3.63) is 47.8 Å². The number of fused-ring (bicyclic) bond motifs is 2. The number of carboxylic acids is 1. The fourth-order valence-electron chi connectivity index (χ4n) is 3.44. The number of amides is 1. The first-order valence-electron chi connectivity index (χ1n) is 6.98. The first kappa shape index (κ1) is 13.8. The standard InChI is InChI=1S/C16H16FNO3/c17-12-4-2-1-3-11(12)8-18-15(19)13-9-5-6-10(7-9)14(13)16(20)21/h1-6,9-10,13-14H,7-8H2,(H,18,19)(H,20,21)/p-1/t9-,10+,13+,14+/m0/s1. The summed E-state index contributed by atoms with van der Waals surface area (Å²) < 4.78 is 13.5. The van der Waals surface area contributed by atoms with Crippen LogP contribution < -0.4 is 10.4 Å². The van der Waals surface area contributed by atoms with Crippen LogP contribution in [0.2, 0.25) is 0 Å². The van der Waals surface area contributed by atoms with Crippen molar-refractivity contribution in [3.63, 3.8) is 0 Å². The Kier molecular flexibility index (Phi) is 3.49. The maximum Gasteiger partial charge on any atom is 0.224 e. The molecule has 2 aliphatic carbocycles. The van der Waals surface area contributed by atoms with Crippen molar-refractivity contribution in [2.75, 3.05) is 0 Å². The second kappa shape index (κ2) is 5.31. The summed E-state index contributed by atoms with van der Waals surface area (Å²) >= 11 is 0. The van der Waals surface area contributed by atoms with Gasteiger partial charge in [0.15, 0.2) is 0 Å². The predicted molar refractivity (Wildman–Crippen MR) is 71.0 cm³/mol. The first-order chi connectivity index (χ1) is 10.1. The van der Waals surface area contributed by atoms with Crippen molar-refractivity contribution >= 4 is 11.9 Å². The van der Waals surface area contributed by atoms with Crippen LogP contribution in [-0.4, -0.2) is 11.9 Å². The van der Waals surface area contributed by atoms with Gasteiger partial charge in [0, 0.05) is 24.0 Å². The molecule has 1 N–H and O–H groups in total. The highest BCUT2D eigenvalue weighted by Crippen LogP contribution is 2.47. The smallest absolute Gasteiger partial charge is 0.224 e. The van der Waals surface area contributed by atoms with E-state index in [0.717, 1.165) is 0 Å². The van der Waals surface area contributed by atoms with Gasteiger partial charge >= 0.3 is 0 Å². The molecule has 0 aromatic heterocycles. The Morgan fingerprint density at radius 1 is 1.19 bits per heavy atom. The Balaban J connectivity index is 1.69. The number of carboxylic acid groups (broad SMARTS) is 1. The molecule has 1 aromatic rings. The summed E-state index contributed by atoms with van der Waals surface area (Å²) in [6, 6.07) is 6.18. The number of carbonyl (C=O) groups excluding carboxylic acids is 2. The molecule has 110 valence electrons. The van der Waals surface area contributed by atoms with Gasteiger partial charge in [0.2, 0.25) is 5.91 Å². The van der Waals surface area contributed by atoms with Crippen molar-refractivity contribution < 1.29 is 19.1 Å².